The molecule has 2 aromatic rings. The molecule has 0 spiro atoms. The van der Waals surface area contributed by atoms with Gasteiger partial charge in [-0.05, 0) is 35.0 Å². The van der Waals surface area contributed by atoms with Crippen LogP contribution in [0, 0.1) is 0 Å². The third kappa shape index (κ3) is 2.27. The highest BCUT2D eigenvalue weighted by Crippen LogP contribution is 2.20. The summed E-state index contributed by atoms with van der Waals surface area (Å²) in [7, 11) is -4.21. The van der Waals surface area contributed by atoms with Gasteiger partial charge in [0.25, 0.3) is 10.1 Å². The Hall–Kier alpha value is -1.92. The number of hydrogen-bond donors (Lipinski definition) is 2. The maximum Gasteiger partial charge on any atom is 0.294 e. The van der Waals surface area contributed by atoms with Crippen molar-refractivity contribution in [2.75, 3.05) is 0 Å². The van der Waals surface area contributed by atoms with E-state index in [1.807, 2.05) is 0 Å². The Morgan fingerprint density at radius 2 is 1.65 bits per heavy atom. The summed E-state index contributed by atoms with van der Waals surface area (Å²) in [5, 5.41) is 1.28. The maximum absolute atomic E-state index is 11.0. The van der Waals surface area contributed by atoms with Gasteiger partial charge in [0.15, 0.2) is 0 Å². The van der Waals surface area contributed by atoms with Crippen molar-refractivity contribution in [2.45, 2.75) is 4.90 Å². The van der Waals surface area contributed by atoms with E-state index in [4.69, 9.17) is 10.3 Å². The molecule has 0 unspecified atom stereocenters. The highest BCUT2D eigenvalue weighted by Gasteiger charge is 2.10. The van der Waals surface area contributed by atoms with Crippen LogP contribution >= 0.6 is 0 Å². The average Bonchev–Trinajstić information content (AvgIpc) is 2.26. The van der Waals surface area contributed by atoms with Crippen molar-refractivity contribution in [1.29, 1.82) is 0 Å². The Morgan fingerprint density at radius 1 is 1.06 bits per heavy atom. The van der Waals surface area contributed by atoms with E-state index in [-0.39, 0.29) is 4.90 Å². The molecule has 0 saturated heterocycles. The van der Waals surface area contributed by atoms with Crippen molar-refractivity contribution in [2.24, 2.45) is 5.73 Å². The van der Waals surface area contributed by atoms with Crippen molar-refractivity contribution >= 4 is 26.8 Å². The molecule has 0 heterocycles. The lowest BCUT2D eigenvalue weighted by Gasteiger charge is -2.02. The third-order valence-corrected chi connectivity index (χ3v) is 3.24. The van der Waals surface area contributed by atoms with Gasteiger partial charge in [-0.15, -0.1) is 0 Å². The van der Waals surface area contributed by atoms with Crippen molar-refractivity contribution in [3.05, 3.63) is 42.0 Å². The van der Waals surface area contributed by atoms with Gasteiger partial charge in [-0.1, -0.05) is 12.1 Å². The average molecular weight is 251 g/mol. The number of amides is 1. The monoisotopic (exact) mass is 251 g/mol. The Kier molecular flexibility index (Phi) is 2.60. The second-order valence-electron chi connectivity index (χ2n) is 3.56. The zero-order chi connectivity index (χ0) is 12.6. The molecule has 5 nitrogen and oxygen atoms in total. The predicted octanol–water partition coefficient (Wildman–Crippen LogP) is 1.19. The number of benzene rings is 2. The standard InChI is InChI=1S/C11H9NO4S/c12-11(13)9-2-1-8-6-10(17(14,15)16)4-3-7(8)5-9/h1-6H,(H2,12,13)(H,14,15,16). The molecular formula is C11H9NO4S. The molecule has 2 rings (SSSR count). The zero-order valence-electron chi connectivity index (χ0n) is 8.62. The summed E-state index contributed by atoms with van der Waals surface area (Å²) in [6.45, 7) is 0. The van der Waals surface area contributed by atoms with Crippen LogP contribution in [-0.4, -0.2) is 18.9 Å². The first-order valence-corrected chi connectivity index (χ1v) is 6.13. The smallest absolute Gasteiger partial charge is 0.294 e. The first-order valence-electron chi connectivity index (χ1n) is 4.69. The Balaban J connectivity index is 2.66. The molecule has 2 aromatic carbocycles. The fourth-order valence-electron chi connectivity index (χ4n) is 1.54. The van der Waals surface area contributed by atoms with E-state index in [9.17, 15) is 13.2 Å². The normalized spacial score (nSPS) is 11.6. The molecular weight excluding hydrogens is 242 g/mol. The molecule has 0 saturated carbocycles. The van der Waals surface area contributed by atoms with E-state index in [0.717, 1.165) is 0 Å². The molecule has 6 heteroatoms. The predicted molar refractivity (Wildman–Crippen MR) is 62.3 cm³/mol. The maximum atomic E-state index is 11.0. The van der Waals surface area contributed by atoms with Gasteiger partial charge in [-0.25, -0.2) is 0 Å². The van der Waals surface area contributed by atoms with Gasteiger partial charge >= 0.3 is 0 Å². The lowest BCUT2D eigenvalue weighted by Crippen LogP contribution is -2.10. The number of nitrogens with two attached hydrogens (primary N) is 1. The minimum absolute atomic E-state index is 0.183. The molecule has 1 amide bonds. The highest BCUT2D eigenvalue weighted by atomic mass is 32.2. The minimum atomic E-state index is -4.21. The zero-order valence-corrected chi connectivity index (χ0v) is 9.44. The first-order chi connectivity index (χ1) is 7.88. The van der Waals surface area contributed by atoms with Crippen molar-refractivity contribution in [1.82, 2.24) is 0 Å². The molecule has 0 fully saturated rings. The molecule has 88 valence electrons. The van der Waals surface area contributed by atoms with Gasteiger partial charge in [0.05, 0.1) is 4.90 Å². The molecule has 0 aliphatic rings. The van der Waals surface area contributed by atoms with Crippen LogP contribution in [0.2, 0.25) is 0 Å². The number of carbonyl (C=O) groups excluding carboxylic acids is 1. The SMILES string of the molecule is NC(=O)c1ccc2cc(S(=O)(=O)O)ccc2c1. The topological polar surface area (TPSA) is 97.5 Å². The lowest BCUT2D eigenvalue weighted by molar-refractivity contribution is 0.100. The second-order valence-corrected chi connectivity index (χ2v) is 4.98. The molecule has 0 atom stereocenters. The van der Waals surface area contributed by atoms with Crippen LogP contribution in [-0.2, 0) is 10.1 Å². The molecule has 3 N–H and O–H groups in total. The quantitative estimate of drug-likeness (QED) is 0.783. The van der Waals surface area contributed by atoms with Crippen LogP contribution in [0.15, 0.2) is 41.3 Å². The third-order valence-electron chi connectivity index (χ3n) is 2.39. The molecule has 0 aliphatic heterocycles. The van der Waals surface area contributed by atoms with E-state index < -0.39 is 16.0 Å². The number of primary amides is 1. The van der Waals surface area contributed by atoms with Crippen LogP contribution < -0.4 is 5.73 Å². The van der Waals surface area contributed by atoms with Crippen molar-refractivity contribution < 1.29 is 17.8 Å². The fraction of sp³-hybridized carbons (Fsp3) is 0. The van der Waals surface area contributed by atoms with E-state index in [0.29, 0.717) is 16.3 Å². The Bertz CT molecular complexity index is 706. The van der Waals surface area contributed by atoms with Crippen LogP contribution in [0.3, 0.4) is 0 Å². The highest BCUT2D eigenvalue weighted by molar-refractivity contribution is 7.85. The second kappa shape index (κ2) is 3.83. The summed E-state index contributed by atoms with van der Waals surface area (Å²) in [6, 6.07) is 8.73. The van der Waals surface area contributed by atoms with Gasteiger partial charge < -0.3 is 5.73 Å². The number of hydrogen-bond acceptors (Lipinski definition) is 3. The summed E-state index contributed by atoms with van der Waals surface area (Å²) >= 11 is 0. The van der Waals surface area contributed by atoms with Crippen LogP contribution in [0.1, 0.15) is 10.4 Å². The van der Waals surface area contributed by atoms with Crippen molar-refractivity contribution in [3.8, 4) is 0 Å². The summed E-state index contributed by atoms with van der Waals surface area (Å²) in [4.78, 5) is 10.8. The van der Waals surface area contributed by atoms with Crippen LogP contribution in [0.5, 0.6) is 0 Å². The Labute approximate surface area is 97.6 Å². The van der Waals surface area contributed by atoms with Crippen LogP contribution in [0.4, 0.5) is 0 Å². The van der Waals surface area contributed by atoms with Crippen molar-refractivity contribution in [3.63, 3.8) is 0 Å². The number of fused-ring (bicyclic) bond motifs is 1. The van der Waals surface area contributed by atoms with Gasteiger partial charge in [-0.3, -0.25) is 9.35 Å². The van der Waals surface area contributed by atoms with E-state index in [1.165, 1.54) is 24.3 Å². The molecule has 17 heavy (non-hydrogen) atoms. The summed E-state index contributed by atoms with van der Waals surface area (Å²) in [5.74, 6) is -0.550. The van der Waals surface area contributed by atoms with E-state index in [2.05, 4.69) is 0 Å². The Morgan fingerprint density at radius 3 is 2.24 bits per heavy atom. The first kappa shape index (κ1) is 11.6. The molecule has 0 radical (unpaired) electrons. The summed E-state index contributed by atoms with van der Waals surface area (Å²) in [6.07, 6.45) is 0. The number of carbonyl (C=O) groups is 1. The molecule has 0 bridgehead atoms. The largest absolute Gasteiger partial charge is 0.366 e. The molecule has 0 aliphatic carbocycles. The fourth-order valence-corrected chi connectivity index (χ4v) is 2.05. The summed E-state index contributed by atoms with van der Waals surface area (Å²) in [5.41, 5.74) is 5.47. The summed E-state index contributed by atoms with van der Waals surface area (Å²) < 4.78 is 30.8. The minimum Gasteiger partial charge on any atom is -0.366 e. The van der Waals surface area contributed by atoms with Crippen LogP contribution in [0.25, 0.3) is 10.8 Å². The number of rotatable bonds is 2. The van der Waals surface area contributed by atoms with Gasteiger partial charge in [0.1, 0.15) is 0 Å². The van der Waals surface area contributed by atoms with Gasteiger partial charge in [0, 0.05) is 5.56 Å². The van der Waals surface area contributed by atoms with Gasteiger partial charge in [-0.2, -0.15) is 8.42 Å². The lowest BCUT2D eigenvalue weighted by atomic mass is 10.1. The van der Waals surface area contributed by atoms with Gasteiger partial charge in [0.2, 0.25) is 5.91 Å². The molecule has 0 aromatic heterocycles. The van der Waals surface area contributed by atoms with E-state index >= 15 is 0 Å². The van der Waals surface area contributed by atoms with E-state index in [1.54, 1.807) is 12.1 Å².